The largest absolute Gasteiger partial charge is 0.464 e. The van der Waals surface area contributed by atoms with Gasteiger partial charge in [0.05, 0.1) is 23.6 Å². The first-order chi connectivity index (χ1) is 14.7. The number of sulfonamides is 1. The van der Waals surface area contributed by atoms with Crippen LogP contribution < -0.4 is 5.32 Å². The van der Waals surface area contributed by atoms with E-state index in [0.717, 1.165) is 33.2 Å². The fraction of sp³-hybridized carbons (Fsp3) is 0.375. The molecule has 1 aromatic heterocycles. The van der Waals surface area contributed by atoms with E-state index in [-0.39, 0.29) is 23.3 Å². The molecule has 0 saturated heterocycles. The van der Waals surface area contributed by atoms with Crippen LogP contribution in [0.3, 0.4) is 0 Å². The Balaban J connectivity index is 1.70. The third-order valence-electron chi connectivity index (χ3n) is 5.79. The lowest BCUT2D eigenvalue weighted by Gasteiger charge is -2.19. The molecular formula is C24H30N2O4S. The zero-order valence-corrected chi connectivity index (χ0v) is 19.5. The van der Waals surface area contributed by atoms with Crippen molar-refractivity contribution in [3.8, 4) is 0 Å². The smallest absolute Gasteiger partial charge is 0.243 e. The van der Waals surface area contributed by atoms with Gasteiger partial charge in [0.2, 0.25) is 15.9 Å². The van der Waals surface area contributed by atoms with Gasteiger partial charge in [0.15, 0.2) is 0 Å². The summed E-state index contributed by atoms with van der Waals surface area (Å²) in [6.45, 7) is 10.4. The van der Waals surface area contributed by atoms with Crippen molar-refractivity contribution in [1.29, 1.82) is 0 Å². The van der Waals surface area contributed by atoms with Crippen LogP contribution in [0.15, 0.2) is 52.0 Å². The first-order valence-corrected chi connectivity index (χ1v) is 12.0. The van der Waals surface area contributed by atoms with Crippen molar-refractivity contribution in [2.45, 2.75) is 52.0 Å². The van der Waals surface area contributed by atoms with Crippen LogP contribution in [0.5, 0.6) is 0 Å². The van der Waals surface area contributed by atoms with Crippen LogP contribution in [0, 0.1) is 13.8 Å². The lowest BCUT2D eigenvalue weighted by atomic mass is 10.0. The highest BCUT2D eigenvalue weighted by Gasteiger charge is 2.22. The monoisotopic (exact) mass is 442 g/mol. The van der Waals surface area contributed by atoms with E-state index in [4.69, 9.17) is 4.42 Å². The summed E-state index contributed by atoms with van der Waals surface area (Å²) in [5, 5.41) is 3.94. The number of aryl methyl sites for hydroxylation is 2. The maximum absolute atomic E-state index is 12.6. The quantitative estimate of drug-likeness (QED) is 0.557. The molecule has 0 spiro atoms. The van der Waals surface area contributed by atoms with Gasteiger partial charge in [-0.25, -0.2) is 8.42 Å². The van der Waals surface area contributed by atoms with Crippen LogP contribution in [0.2, 0.25) is 0 Å². The Morgan fingerprint density at radius 2 is 1.71 bits per heavy atom. The molecule has 0 aliphatic rings. The van der Waals surface area contributed by atoms with E-state index in [0.29, 0.717) is 13.1 Å². The van der Waals surface area contributed by atoms with Crippen LogP contribution in [0.1, 0.15) is 49.1 Å². The second kappa shape index (κ2) is 9.24. The number of carbonyl (C=O) groups excluding carboxylic acids is 1. The minimum atomic E-state index is -3.49. The topological polar surface area (TPSA) is 79.6 Å². The van der Waals surface area contributed by atoms with Crippen molar-refractivity contribution >= 4 is 26.9 Å². The number of carbonyl (C=O) groups is 1. The SMILES string of the molecule is CCN(CC)S(=O)(=O)c1ccc(C(C)NC(=O)Cc2coc3c(C)c(C)ccc23)cc1. The molecule has 1 unspecified atom stereocenters. The Hall–Kier alpha value is -2.64. The zero-order valence-electron chi connectivity index (χ0n) is 18.7. The van der Waals surface area contributed by atoms with Gasteiger partial charge in [-0.15, -0.1) is 0 Å². The molecule has 31 heavy (non-hydrogen) atoms. The summed E-state index contributed by atoms with van der Waals surface area (Å²) in [5.74, 6) is -0.117. The van der Waals surface area contributed by atoms with E-state index >= 15 is 0 Å². The molecule has 0 radical (unpaired) electrons. The Bertz CT molecular complexity index is 1180. The summed E-state index contributed by atoms with van der Waals surface area (Å²) in [6.07, 6.45) is 1.86. The lowest BCUT2D eigenvalue weighted by Crippen LogP contribution is -2.30. The zero-order chi connectivity index (χ0) is 22.8. The second-order valence-electron chi connectivity index (χ2n) is 7.77. The predicted molar refractivity (Wildman–Crippen MR) is 122 cm³/mol. The molecule has 3 rings (SSSR count). The van der Waals surface area contributed by atoms with Gasteiger partial charge in [0, 0.05) is 24.0 Å². The van der Waals surface area contributed by atoms with Gasteiger partial charge in [-0.1, -0.05) is 38.1 Å². The Kier molecular flexibility index (Phi) is 6.86. The van der Waals surface area contributed by atoms with E-state index < -0.39 is 10.0 Å². The highest BCUT2D eigenvalue weighted by atomic mass is 32.2. The van der Waals surface area contributed by atoms with Crippen LogP contribution in [-0.4, -0.2) is 31.7 Å². The average Bonchev–Trinajstić information content (AvgIpc) is 3.14. The predicted octanol–water partition coefficient (Wildman–Crippen LogP) is 4.50. The maximum Gasteiger partial charge on any atom is 0.243 e. The molecular weight excluding hydrogens is 412 g/mol. The van der Waals surface area contributed by atoms with Gasteiger partial charge in [-0.2, -0.15) is 4.31 Å². The minimum Gasteiger partial charge on any atom is -0.464 e. The number of hydrogen-bond acceptors (Lipinski definition) is 4. The molecule has 2 aromatic carbocycles. The first kappa shape index (κ1) is 23.0. The molecule has 7 heteroatoms. The van der Waals surface area contributed by atoms with Crippen LogP contribution in [0.4, 0.5) is 0 Å². The number of fused-ring (bicyclic) bond motifs is 1. The molecule has 0 saturated carbocycles. The third-order valence-corrected chi connectivity index (χ3v) is 7.86. The normalized spacial score (nSPS) is 13.0. The number of furan rings is 1. The van der Waals surface area contributed by atoms with Crippen molar-refractivity contribution in [3.63, 3.8) is 0 Å². The van der Waals surface area contributed by atoms with Gasteiger partial charge < -0.3 is 9.73 Å². The van der Waals surface area contributed by atoms with Crippen LogP contribution in [-0.2, 0) is 21.2 Å². The van der Waals surface area contributed by atoms with Crippen LogP contribution >= 0.6 is 0 Å². The molecule has 6 nitrogen and oxygen atoms in total. The summed E-state index contributed by atoms with van der Waals surface area (Å²) >= 11 is 0. The molecule has 1 N–H and O–H groups in total. The number of benzene rings is 2. The minimum absolute atomic E-state index is 0.117. The van der Waals surface area contributed by atoms with Crippen molar-refractivity contribution in [1.82, 2.24) is 9.62 Å². The lowest BCUT2D eigenvalue weighted by molar-refractivity contribution is -0.121. The molecule has 1 amide bonds. The third kappa shape index (κ3) is 4.67. The van der Waals surface area contributed by atoms with Gasteiger partial charge in [-0.05, 0) is 49.6 Å². The molecule has 0 aliphatic carbocycles. The standard InChI is InChI=1S/C24H30N2O4S/c1-6-26(7-2)31(28,29)21-11-9-19(10-12-21)18(5)25-23(27)14-20-15-30-24-17(4)16(3)8-13-22(20)24/h8-13,15,18H,6-7,14H2,1-5H3,(H,25,27). The highest BCUT2D eigenvalue weighted by molar-refractivity contribution is 7.89. The summed E-state index contributed by atoms with van der Waals surface area (Å²) < 4.78 is 32.4. The summed E-state index contributed by atoms with van der Waals surface area (Å²) in [7, 11) is -3.49. The Morgan fingerprint density at radius 3 is 2.32 bits per heavy atom. The molecule has 1 heterocycles. The molecule has 3 aromatic rings. The molecule has 1 atom stereocenters. The van der Waals surface area contributed by atoms with E-state index in [1.54, 1.807) is 30.5 Å². The second-order valence-corrected chi connectivity index (χ2v) is 9.71. The van der Waals surface area contributed by atoms with Gasteiger partial charge >= 0.3 is 0 Å². The average molecular weight is 443 g/mol. The fourth-order valence-corrected chi connectivity index (χ4v) is 5.17. The highest BCUT2D eigenvalue weighted by Crippen LogP contribution is 2.27. The number of nitrogens with one attached hydrogen (secondary N) is 1. The van der Waals surface area contributed by atoms with Crippen molar-refractivity contribution in [3.05, 3.63) is 64.9 Å². The summed E-state index contributed by atoms with van der Waals surface area (Å²) in [4.78, 5) is 12.9. The van der Waals surface area contributed by atoms with Gasteiger partial charge in [0.1, 0.15) is 5.58 Å². The molecule has 0 fully saturated rings. The Morgan fingerprint density at radius 1 is 1.06 bits per heavy atom. The van der Waals surface area contributed by atoms with Gasteiger partial charge in [0.25, 0.3) is 0 Å². The van der Waals surface area contributed by atoms with E-state index in [1.165, 1.54) is 4.31 Å². The Labute approximate surface area is 184 Å². The number of hydrogen-bond donors (Lipinski definition) is 1. The number of rotatable bonds is 8. The van der Waals surface area contributed by atoms with E-state index in [2.05, 4.69) is 5.32 Å². The van der Waals surface area contributed by atoms with Gasteiger partial charge in [-0.3, -0.25) is 4.79 Å². The fourth-order valence-electron chi connectivity index (χ4n) is 3.72. The van der Waals surface area contributed by atoms with Crippen molar-refractivity contribution in [2.24, 2.45) is 0 Å². The molecule has 0 aliphatic heterocycles. The van der Waals surface area contributed by atoms with Crippen molar-refractivity contribution < 1.29 is 17.6 Å². The number of amides is 1. The number of nitrogens with zero attached hydrogens (tertiary/aromatic N) is 1. The molecule has 0 bridgehead atoms. The van der Waals surface area contributed by atoms with Crippen molar-refractivity contribution in [2.75, 3.05) is 13.1 Å². The maximum atomic E-state index is 12.6. The molecule has 166 valence electrons. The first-order valence-electron chi connectivity index (χ1n) is 10.5. The van der Waals surface area contributed by atoms with E-state index in [9.17, 15) is 13.2 Å². The van der Waals surface area contributed by atoms with Crippen LogP contribution in [0.25, 0.3) is 11.0 Å². The van der Waals surface area contributed by atoms with E-state index in [1.807, 2.05) is 46.8 Å². The summed E-state index contributed by atoms with van der Waals surface area (Å²) in [5.41, 5.74) is 4.75. The summed E-state index contributed by atoms with van der Waals surface area (Å²) in [6, 6.07) is 10.5.